The third-order valence-electron chi connectivity index (χ3n) is 2.23. The van der Waals surface area contributed by atoms with Gasteiger partial charge in [-0.1, -0.05) is 6.92 Å². The molecule has 0 bridgehead atoms. The standard InChI is InChI=1S/C11H13ClF3NO2/c1-2-8-3-4-9(18-8)10(17)16(6-5-12)7-11(13,14)15/h3-4H,2,5-7H2,1H3. The number of hydrogen-bond acceptors (Lipinski definition) is 2. The van der Waals surface area contributed by atoms with Crippen LogP contribution in [0.3, 0.4) is 0 Å². The summed E-state index contributed by atoms with van der Waals surface area (Å²) >= 11 is 5.40. The highest BCUT2D eigenvalue weighted by atomic mass is 35.5. The van der Waals surface area contributed by atoms with Gasteiger partial charge < -0.3 is 9.32 Å². The van der Waals surface area contributed by atoms with Gasteiger partial charge in [-0.05, 0) is 12.1 Å². The van der Waals surface area contributed by atoms with Crippen molar-refractivity contribution in [2.75, 3.05) is 19.0 Å². The summed E-state index contributed by atoms with van der Waals surface area (Å²) in [5.74, 6) is -0.409. The van der Waals surface area contributed by atoms with Crippen LogP contribution in [0.5, 0.6) is 0 Å². The fourth-order valence-corrected chi connectivity index (χ4v) is 1.61. The number of rotatable bonds is 5. The van der Waals surface area contributed by atoms with Gasteiger partial charge in [-0.25, -0.2) is 0 Å². The SMILES string of the molecule is CCc1ccc(C(=O)N(CCCl)CC(F)(F)F)o1. The third-order valence-corrected chi connectivity index (χ3v) is 2.40. The first-order chi connectivity index (χ1) is 8.37. The normalized spacial score (nSPS) is 11.6. The Labute approximate surface area is 108 Å². The smallest absolute Gasteiger partial charge is 0.406 e. The van der Waals surface area contributed by atoms with Crippen molar-refractivity contribution in [2.24, 2.45) is 0 Å². The minimum absolute atomic E-state index is 0.0663. The van der Waals surface area contributed by atoms with E-state index in [1.165, 1.54) is 6.07 Å². The molecule has 0 spiro atoms. The van der Waals surface area contributed by atoms with E-state index in [0.717, 1.165) is 0 Å². The number of amides is 1. The fraction of sp³-hybridized carbons (Fsp3) is 0.545. The van der Waals surface area contributed by atoms with E-state index in [0.29, 0.717) is 17.1 Å². The van der Waals surface area contributed by atoms with Crippen molar-refractivity contribution in [3.05, 3.63) is 23.7 Å². The molecular formula is C11H13ClF3NO2. The molecule has 0 N–H and O–H groups in total. The fourth-order valence-electron chi connectivity index (χ4n) is 1.41. The monoisotopic (exact) mass is 283 g/mol. The molecule has 0 unspecified atom stereocenters. The summed E-state index contributed by atoms with van der Waals surface area (Å²) in [6.07, 6.45) is -3.88. The topological polar surface area (TPSA) is 33.5 Å². The first-order valence-electron chi connectivity index (χ1n) is 5.38. The van der Waals surface area contributed by atoms with Gasteiger partial charge in [0.05, 0.1) is 0 Å². The van der Waals surface area contributed by atoms with E-state index in [4.69, 9.17) is 16.0 Å². The van der Waals surface area contributed by atoms with Crippen LogP contribution in [0.4, 0.5) is 13.2 Å². The lowest BCUT2D eigenvalue weighted by Crippen LogP contribution is -2.40. The lowest BCUT2D eigenvalue weighted by Gasteiger charge is -2.21. The van der Waals surface area contributed by atoms with E-state index in [2.05, 4.69) is 0 Å². The first-order valence-corrected chi connectivity index (χ1v) is 5.91. The second-order valence-corrected chi connectivity index (χ2v) is 4.03. The van der Waals surface area contributed by atoms with Crippen molar-refractivity contribution < 1.29 is 22.4 Å². The number of hydrogen-bond donors (Lipinski definition) is 0. The summed E-state index contributed by atoms with van der Waals surface area (Å²) in [5.41, 5.74) is 0. The lowest BCUT2D eigenvalue weighted by molar-refractivity contribution is -0.140. The molecule has 1 amide bonds. The van der Waals surface area contributed by atoms with E-state index in [1.807, 2.05) is 6.92 Å². The molecular weight excluding hydrogens is 271 g/mol. The second-order valence-electron chi connectivity index (χ2n) is 3.65. The van der Waals surface area contributed by atoms with E-state index < -0.39 is 18.6 Å². The molecule has 0 saturated carbocycles. The molecule has 1 aromatic rings. The number of carbonyl (C=O) groups is 1. The van der Waals surface area contributed by atoms with E-state index in [9.17, 15) is 18.0 Å². The summed E-state index contributed by atoms with van der Waals surface area (Å²) in [7, 11) is 0. The summed E-state index contributed by atoms with van der Waals surface area (Å²) in [4.78, 5) is 12.4. The number of aryl methyl sites for hydroxylation is 1. The number of nitrogens with zero attached hydrogens (tertiary/aromatic N) is 1. The van der Waals surface area contributed by atoms with Crippen LogP contribution in [0.15, 0.2) is 16.5 Å². The van der Waals surface area contributed by atoms with Crippen LogP contribution in [0, 0.1) is 0 Å². The maximum absolute atomic E-state index is 12.3. The average Bonchev–Trinajstić information content (AvgIpc) is 2.74. The van der Waals surface area contributed by atoms with E-state index >= 15 is 0 Å². The summed E-state index contributed by atoms with van der Waals surface area (Å²) < 4.78 is 42.1. The maximum Gasteiger partial charge on any atom is 0.406 e. The van der Waals surface area contributed by atoms with Crippen molar-refractivity contribution in [3.8, 4) is 0 Å². The molecule has 0 aliphatic carbocycles. The Hall–Kier alpha value is -1.17. The number of carbonyl (C=O) groups excluding carboxylic acids is 1. The van der Waals surface area contributed by atoms with Crippen molar-refractivity contribution in [3.63, 3.8) is 0 Å². The third kappa shape index (κ3) is 4.25. The highest BCUT2D eigenvalue weighted by molar-refractivity contribution is 6.18. The van der Waals surface area contributed by atoms with Gasteiger partial charge in [0.1, 0.15) is 12.3 Å². The summed E-state index contributed by atoms with van der Waals surface area (Å²) in [5, 5.41) is 0. The molecule has 0 aromatic carbocycles. The Morgan fingerprint density at radius 3 is 2.56 bits per heavy atom. The van der Waals surface area contributed by atoms with Crippen molar-refractivity contribution in [2.45, 2.75) is 19.5 Å². The molecule has 0 aliphatic heterocycles. The van der Waals surface area contributed by atoms with Gasteiger partial charge in [-0.15, -0.1) is 11.6 Å². The molecule has 102 valence electrons. The highest BCUT2D eigenvalue weighted by Crippen LogP contribution is 2.19. The first kappa shape index (κ1) is 14.9. The molecule has 7 heteroatoms. The predicted molar refractivity (Wildman–Crippen MR) is 60.8 cm³/mol. The molecule has 0 aliphatic rings. The molecule has 18 heavy (non-hydrogen) atoms. The largest absolute Gasteiger partial charge is 0.456 e. The lowest BCUT2D eigenvalue weighted by atomic mass is 10.3. The van der Waals surface area contributed by atoms with Crippen LogP contribution in [0.1, 0.15) is 23.2 Å². The van der Waals surface area contributed by atoms with E-state index in [-0.39, 0.29) is 18.2 Å². The number of halogens is 4. The molecule has 1 aromatic heterocycles. The highest BCUT2D eigenvalue weighted by Gasteiger charge is 2.33. The zero-order chi connectivity index (χ0) is 13.8. The van der Waals surface area contributed by atoms with Crippen LogP contribution >= 0.6 is 11.6 Å². The van der Waals surface area contributed by atoms with Gasteiger partial charge in [0.25, 0.3) is 5.91 Å². The number of furan rings is 1. The molecule has 0 atom stereocenters. The van der Waals surface area contributed by atoms with Crippen LogP contribution in [-0.4, -0.2) is 36.0 Å². The zero-order valence-corrected chi connectivity index (χ0v) is 10.5. The molecule has 0 fully saturated rings. The van der Waals surface area contributed by atoms with E-state index in [1.54, 1.807) is 6.07 Å². The van der Waals surface area contributed by atoms with Gasteiger partial charge in [-0.3, -0.25) is 4.79 Å². The van der Waals surface area contributed by atoms with Crippen LogP contribution in [-0.2, 0) is 6.42 Å². The Morgan fingerprint density at radius 2 is 2.11 bits per heavy atom. The number of alkyl halides is 4. The summed E-state index contributed by atoms with van der Waals surface area (Å²) in [6, 6.07) is 2.94. The van der Waals surface area contributed by atoms with Crippen LogP contribution in [0.25, 0.3) is 0 Å². The second kappa shape index (κ2) is 6.13. The Kier molecular flexibility index (Phi) is 5.07. The van der Waals surface area contributed by atoms with Crippen molar-refractivity contribution in [1.29, 1.82) is 0 Å². The van der Waals surface area contributed by atoms with Crippen molar-refractivity contribution >= 4 is 17.5 Å². The quantitative estimate of drug-likeness (QED) is 0.778. The Balaban J connectivity index is 2.81. The van der Waals surface area contributed by atoms with Gasteiger partial charge in [0.15, 0.2) is 5.76 Å². The van der Waals surface area contributed by atoms with Crippen LogP contribution < -0.4 is 0 Å². The van der Waals surface area contributed by atoms with Gasteiger partial charge in [-0.2, -0.15) is 13.2 Å². The molecule has 1 heterocycles. The van der Waals surface area contributed by atoms with Crippen molar-refractivity contribution in [1.82, 2.24) is 4.90 Å². The molecule has 0 saturated heterocycles. The van der Waals surface area contributed by atoms with Gasteiger partial charge >= 0.3 is 6.18 Å². The summed E-state index contributed by atoms with van der Waals surface area (Å²) in [6.45, 7) is 0.308. The molecule has 1 rings (SSSR count). The molecule has 3 nitrogen and oxygen atoms in total. The van der Waals surface area contributed by atoms with Gasteiger partial charge in [0, 0.05) is 18.8 Å². The predicted octanol–water partition coefficient (Wildman–Crippen LogP) is 3.09. The maximum atomic E-state index is 12.3. The average molecular weight is 284 g/mol. The Bertz CT molecular complexity index is 403. The molecule has 0 radical (unpaired) electrons. The van der Waals surface area contributed by atoms with Gasteiger partial charge in [0.2, 0.25) is 0 Å². The minimum atomic E-state index is -4.46. The Morgan fingerprint density at radius 1 is 1.44 bits per heavy atom. The minimum Gasteiger partial charge on any atom is -0.456 e. The zero-order valence-electron chi connectivity index (χ0n) is 9.76. The van der Waals surface area contributed by atoms with Crippen LogP contribution in [0.2, 0.25) is 0 Å².